The van der Waals surface area contributed by atoms with Gasteiger partial charge in [0.2, 0.25) is 17.5 Å². The minimum absolute atomic E-state index is 0.00739. The summed E-state index contributed by atoms with van der Waals surface area (Å²) < 4.78 is 0. The third-order valence-corrected chi connectivity index (χ3v) is 4.58. The SMILES string of the molecule is NC(=O)CCC(=O)C(=O)C(Cc1ccccc1)N1C(=O)c2ccccc2C1=O. The molecule has 0 aromatic heterocycles. The maximum absolute atomic E-state index is 12.8. The number of imide groups is 1. The van der Waals surface area contributed by atoms with Crippen molar-refractivity contribution in [3.8, 4) is 0 Å². The Bertz CT molecular complexity index is 933. The van der Waals surface area contributed by atoms with E-state index in [0.29, 0.717) is 5.56 Å². The van der Waals surface area contributed by atoms with Crippen LogP contribution < -0.4 is 5.73 Å². The van der Waals surface area contributed by atoms with E-state index in [2.05, 4.69) is 0 Å². The number of hydrogen-bond acceptors (Lipinski definition) is 5. The highest BCUT2D eigenvalue weighted by Gasteiger charge is 2.43. The summed E-state index contributed by atoms with van der Waals surface area (Å²) in [7, 11) is 0. The highest BCUT2D eigenvalue weighted by atomic mass is 16.2. The van der Waals surface area contributed by atoms with Crippen LogP contribution in [0.4, 0.5) is 0 Å². The van der Waals surface area contributed by atoms with Gasteiger partial charge in [0.1, 0.15) is 6.04 Å². The molecule has 0 saturated heterocycles. The molecule has 142 valence electrons. The van der Waals surface area contributed by atoms with E-state index in [-0.39, 0.29) is 30.4 Å². The number of carbonyl (C=O) groups is 5. The van der Waals surface area contributed by atoms with Crippen molar-refractivity contribution < 1.29 is 24.0 Å². The number of amides is 3. The highest BCUT2D eigenvalue weighted by molar-refractivity contribution is 6.41. The Morgan fingerprint density at radius 2 is 1.36 bits per heavy atom. The van der Waals surface area contributed by atoms with E-state index in [4.69, 9.17) is 5.73 Å². The van der Waals surface area contributed by atoms with Gasteiger partial charge in [-0.1, -0.05) is 42.5 Å². The Morgan fingerprint density at radius 3 is 1.89 bits per heavy atom. The quantitative estimate of drug-likeness (QED) is 0.549. The maximum Gasteiger partial charge on any atom is 0.262 e. The molecule has 1 heterocycles. The first-order chi connectivity index (χ1) is 13.4. The molecule has 3 rings (SSSR count). The Labute approximate surface area is 161 Å². The Kier molecular flexibility index (Phi) is 5.44. The predicted octanol–water partition coefficient (Wildman–Crippen LogP) is 1.30. The minimum atomic E-state index is -1.28. The lowest BCUT2D eigenvalue weighted by atomic mass is 9.96. The molecule has 1 aliphatic rings. The summed E-state index contributed by atoms with van der Waals surface area (Å²) in [5, 5.41) is 0. The van der Waals surface area contributed by atoms with Gasteiger partial charge in [-0.15, -0.1) is 0 Å². The van der Waals surface area contributed by atoms with Crippen LogP contribution in [0.3, 0.4) is 0 Å². The van der Waals surface area contributed by atoms with Gasteiger partial charge in [-0.25, -0.2) is 0 Å². The van der Waals surface area contributed by atoms with Crippen molar-refractivity contribution in [1.29, 1.82) is 0 Å². The van der Waals surface area contributed by atoms with E-state index >= 15 is 0 Å². The molecule has 0 radical (unpaired) electrons. The van der Waals surface area contributed by atoms with E-state index in [1.54, 1.807) is 42.5 Å². The van der Waals surface area contributed by atoms with Crippen LogP contribution in [0.15, 0.2) is 54.6 Å². The number of rotatable bonds is 8. The second kappa shape index (κ2) is 7.96. The summed E-state index contributed by atoms with van der Waals surface area (Å²) in [6.07, 6.45) is -0.624. The van der Waals surface area contributed by atoms with Crippen LogP contribution in [0, 0.1) is 0 Å². The number of nitrogens with two attached hydrogens (primary N) is 1. The molecule has 0 aliphatic carbocycles. The number of nitrogens with zero attached hydrogens (tertiary/aromatic N) is 1. The second-order valence-corrected chi connectivity index (χ2v) is 6.49. The molecule has 7 nitrogen and oxygen atoms in total. The number of benzene rings is 2. The first-order valence-electron chi connectivity index (χ1n) is 8.76. The lowest BCUT2D eigenvalue weighted by molar-refractivity contribution is -0.139. The van der Waals surface area contributed by atoms with E-state index in [0.717, 1.165) is 4.90 Å². The van der Waals surface area contributed by atoms with Gasteiger partial charge in [-0.05, 0) is 17.7 Å². The molecule has 2 aromatic carbocycles. The topological polar surface area (TPSA) is 115 Å². The smallest absolute Gasteiger partial charge is 0.262 e. The van der Waals surface area contributed by atoms with Gasteiger partial charge in [-0.3, -0.25) is 28.9 Å². The summed E-state index contributed by atoms with van der Waals surface area (Å²) in [4.78, 5) is 62.5. The zero-order chi connectivity index (χ0) is 20.3. The fourth-order valence-electron chi connectivity index (χ4n) is 3.18. The predicted molar refractivity (Wildman–Crippen MR) is 99.3 cm³/mol. The van der Waals surface area contributed by atoms with Gasteiger partial charge < -0.3 is 5.73 Å². The molecular weight excluding hydrogens is 360 g/mol. The summed E-state index contributed by atoms with van der Waals surface area (Å²) in [6, 6.07) is 13.8. The molecule has 2 N–H and O–H groups in total. The van der Waals surface area contributed by atoms with Gasteiger partial charge in [0, 0.05) is 19.3 Å². The first-order valence-corrected chi connectivity index (χ1v) is 8.76. The molecule has 1 unspecified atom stereocenters. The molecule has 0 saturated carbocycles. The molecule has 0 fully saturated rings. The molecule has 2 aromatic rings. The van der Waals surface area contributed by atoms with Crippen molar-refractivity contribution in [2.24, 2.45) is 5.73 Å². The third kappa shape index (κ3) is 3.73. The number of primary amides is 1. The van der Waals surface area contributed by atoms with Crippen molar-refractivity contribution in [2.75, 3.05) is 0 Å². The van der Waals surface area contributed by atoms with Gasteiger partial charge in [0.05, 0.1) is 11.1 Å². The van der Waals surface area contributed by atoms with E-state index < -0.39 is 35.3 Å². The maximum atomic E-state index is 12.8. The number of ketones is 2. The van der Waals surface area contributed by atoms with Gasteiger partial charge >= 0.3 is 0 Å². The van der Waals surface area contributed by atoms with Crippen LogP contribution >= 0.6 is 0 Å². The van der Waals surface area contributed by atoms with E-state index in [1.807, 2.05) is 0 Å². The average Bonchev–Trinajstić information content (AvgIpc) is 2.95. The Hall–Kier alpha value is -3.61. The third-order valence-electron chi connectivity index (χ3n) is 4.58. The average molecular weight is 378 g/mol. The van der Waals surface area contributed by atoms with Crippen molar-refractivity contribution in [3.63, 3.8) is 0 Å². The molecule has 28 heavy (non-hydrogen) atoms. The first kappa shape index (κ1) is 19.2. The number of Topliss-reactive ketones (excluding diaryl/α,β-unsaturated/α-hetero) is 2. The van der Waals surface area contributed by atoms with E-state index in [9.17, 15) is 24.0 Å². The Balaban J connectivity index is 1.94. The van der Waals surface area contributed by atoms with Crippen LogP contribution in [0.25, 0.3) is 0 Å². The lowest BCUT2D eigenvalue weighted by Gasteiger charge is -2.24. The molecular formula is C21H18N2O5. The minimum Gasteiger partial charge on any atom is -0.370 e. The fourth-order valence-corrected chi connectivity index (χ4v) is 3.18. The summed E-state index contributed by atoms with van der Waals surface area (Å²) in [6.45, 7) is 0. The monoisotopic (exact) mass is 378 g/mol. The van der Waals surface area contributed by atoms with Crippen molar-refractivity contribution in [2.45, 2.75) is 25.3 Å². The van der Waals surface area contributed by atoms with Gasteiger partial charge in [-0.2, -0.15) is 0 Å². The van der Waals surface area contributed by atoms with Crippen molar-refractivity contribution in [1.82, 2.24) is 4.90 Å². The highest BCUT2D eigenvalue weighted by Crippen LogP contribution is 2.26. The van der Waals surface area contributed by atoms with Crippen LogP contribution in [-0.4, -0.2) is 40.2 Å². The van der Waals surface area contributed by atoms with Crippen LogP contribution in [0.1, 0.15) is 39.1 Å². The lowest BCUT2D eigenvalue weighted by Crippen LogP contribution is -2.48. The second-order valence-electron chi connectivity index (χ2n) is 6.49. The zero-order valence-electron chi connectivity index (χ0n) is 15.0. The molecule has 3 amide bonds. The summed E-state index contributed by atoms with van der Waals surface area (Å²) >= 11 is 0. The summed E-state index contributed by atoms with van der Waals surface area (Å²) in [5.41, 5.74) is 6.13. The summed E-state index contributed by atoms with van der Waals surface area (Å²) in [5.74, 6) is -3.66. The molecule has 1 aliphatic heterocycles. The van der Waals surface area contributed by atoms with Gasteiger partial charge in [0.25, 0.3) is 11.8 Å². The zero-order valence-corrected chi connectivity index (χ0v) is 15.0. The fraction of sp³-hybridized carbons (Fsp3) is 0.190. The number of carbonyl (C=O) groups excluding carboxylic acids is 5. The number of fused-ring (bicyclic) bond motifs is 1. The van der Waals surface area contributed by atoms with Crippen molar-refractivity contribution >= 4 is 29.3 Å². The largest absolute Gasteiger partial charge is 0.370 e. The molecule has 0 bridgehead atoms. The normalized spacial score (nSPS) is 13.9. The van der Waals surface area contributed by atoms with Crippen molar-refractivity contribution in [3.05, 3.63) is 71.3 Å². The standard InChI is InChI=1S/C21H18N2O5/c22-18(25)11-10-17(24)19(26)16(12-13-6-2-1-3-7-13)23-20(27)14-8-4-5-9-15(14)21(23)28/h1-9,16H,10-12H2,(H2,22,25). The van der Waals surface area contributed by atoms with E-state index in [1.165, 1.54) is 12.1 Å². The van der Waals surface area contributed by atoms with Gasteiger partial charge in [0.15, 0.2) is 0 Å². The van der Waals surface area contributed by atoms with Crippen LogP contribution in [-0.2, 0) is 20.8 Å². The number of hydrogen-bond donors (Lipinski definition) is 1. The van der Waals surface area contributed by atoms with Crippen LogP contribution in [0.2, 0.25) is 0 Å². The molecule has 0 spiro atoms. The van der Waals surface area contributed by atoms with Crippen LogP contribution in [0.5, 0.6) is 0 Å². The Morgan fingerprint density at radius 1 is 0.821 bits per heavy atom. The molecule has 1 atom stereocenters. The molecule has 7 heteroatoms.